The van der Waals surface area contributed by atoms with Gasteiger partial charge in [0.2, 0.25) is 0 Å². The third-order valence-electron chi connectivity index (χ3n) is 2.80. The number of halogens is 2. The van der Waals surface area contributed by atoms with Gasteiger partial charge in [-0.1, -0.05) is 17.7 Å². The van der Waals surface area contributed by atoms with Gasteiger partial charge in [-0.05, 0) is 24.3 Å². The molecule has 92 valence electrons. The van der Waals surface area contributed by atoms with Gasteiger partial charge in [-0.15, -0.1) is 0 Å². The molecule has 0 spiro atoms. The molecule has 0 saturated heterocycles. The molecule has 0 amide bonds. The van der Waals surface area contributed by atoms with Crippen LogP contribution >= 0.6 is 11.6 Å². The molecule has 1 N–H and O–H groups in total. The quantitative estimate of drug-likeness (QED) is 0.857. The maximum absolute atomic E-state index is 13.8. The Labute approximate surface area is 109 Å². The van der Waals surface area contributed by atoms with Gasteiger partial charge in [-0.2, -0.15) is 0 Å². The second-order valence-electron chi connectivity index (χ2n) is 4.00. The summed E-state index contributed by atoms with van der Waals surface area (Å²) in [4.78, 5) is 4.13. The lowest BCUT2D eigenvalue weighted by Gasteiger charge is -2.26. The number of anilines is 1. The van der Waals surface area contributed by atoms with Crippen LogP contribution in [0.25, 0.3) is 0 Å². The number of aromatic nitrogens is 1. The molecule has 1 atom stereocenters. The maximum Gasteiger partial charge on any atom is 0.168 e. The Kier molecular flexibility index (Phi) is 2.80. The minimum Gasteiger partial charge on any atom is -0.480 e. The molecule has 3 rings (SSSR count). The van der Waals surface area contributed by atoms with Gasteiger partial charge in [0.15, 0.2) is 11.6 Å². The third kappa shape index (κ3) is 1.99. The molecule has 3 nitrogen and oxygen atoms in total. The van der Waals surface area contributed by atoms with E-state index in [9.17, 15) is 4.39 Å². The van der Waals surface area contributed by atoms with Crippen LogP contribution in [-0.4, -0.2) is 11.5 Å². The molecule has 1 aromatic heterocycles. The third-order valence-corrected chi connectivity index (χ3v) is 3.04. The van der Waals surface area contributed by atoms with Crippen LogP contribution in [0, 0.1) is 5.82 Å². The van der Waals surface area contributed by atoms with E-state index < -0.39 is 0 Å². The van der Waals surface area contributed by atoms with Crippen LogP contribution < -0.4 is 10.1 Å². The normalized spacial score (nSPS) is 17.6. The number of hydrogen-bond acceptors (Lipinski definition) is 3. The van der Waals surface area contributed by atoms with E-state index in [1.54, 1.807) is 30.5 Å². The molecule has 0 fully saturated rings. The fourth-order valence-corrected chi connectivity index (χ4v) is 2.10. The summed E-state index contributed by atoms with van der Waals surface area (Å²) >= 11 is 5.73. The molecular formula is C13H10ClFN2O. The first kappa shape index (κ1) is 11.3. The fraction of sp³-hybridized carbons (Fsp3) is 0.154. The first-order valence-electron chi connectivity index (χ1n) is 5.54. The summed E-state index contributed by atoms with van der Waals surface area (Å²) < 4.78 is 19.5. The number of fused-ring (bicyclic) bond motifs is 1. The summed E-state index contributed by atoms with van der Waals surface area (Å²) in [5.41, 5.74) is 0.487. The second-order valence-corrected chi connectivity index (χ2v) is 4.44. The number of pyridine rings is 1. The molecule has 2 heterocycles. The van der Waals surface area contributed by atoms with E-state index in [0.29, 0.717) is 28.7 Å². The Morgan fingerprint density at radius 2 is 2.28 bits per heavy atom. The van der Waals surface area contributed by atoms with E-state index in [2.05, 4.69) is 10.3 Å². The molecule has 1 aliphatic rings. The van der Waals surface area contributed by atoms with Crippen molar-refractivity contribution >= 4 is 17.4 Å². The lowest BCUT2D eigenvalue weighted by atomic mass is 10.1. The Hall–Kier alpha value is -1.81. The van der Waals surface area contributed by atoms with Crippen molar-refractivity contribution in [3.63, 3.8) is 0 Å². The molecule has 18 heavy (non-hydrogen) atoms. The number of nitrogens with zero attached hydrogens (tertiary/aromatic N) is 1. The highest BCUT2D eigenvalue weighted by atomic mass is 35.5. The summed E-state index contributed by atoms with van der Waals surface area (Å²) in [6, 6.07) is 8.17. The minimum atomic E-state index is -0.376. The van der Waals surface area contributed by atoms with Gasteiger partial charge in [0.25, 0.3) is 0 Å². The lowest BCUT2D eigenvalue weighted by Crippen LogP contribution is -2.25. The van der Waals surface area contributed by atoms with Crippen molar-refractivity contribution < 1.29 is 9.13 Å². The van der Waals surface area contributed by atoms with E-state index >= 15 is 0 Å². The molecule has 1 aliphatic heterocycles. The Bertz CT molecular complexity index is 591. The van der Waals surface area contributed by atoms with Crippen molar-refractivity contribution in [3.05, 3.63) is 52.9 Å². The van der Waals surface area contributed by atoms with Gasteiger partial charge in [0.05, 0.1) is 6.54 Å². The molecular weight excluding hydrogens is 255 g/mol. The van der Waals surface area contributed by atoms with Crippen LogP contribution in [0.2, 0.25) is 5.02 Å². The van der Waals surface area contributed by atoms with Crippen LogP contribution in [0.4, 0.5) is 10.2 Å². The maximum atomic E-state index is 13.8. The number of hydrogen-bond donors (Lipinski definition) is 1. The van der Waals surface area contributed by atoms with Crippen molar-refractivity contribution in [1.82, 2.24) is 4.98 Å². The van der Waals surface area contributed by atoms with Gasteiger partial charge < -0.3 is 10.1 Å². The standard InChI is InChI=1S/C13H10ClFN2O/c14-8-3-4-9(10(15)6-8)12-7-17-13-11(18-12)2-1-5-16-13/h1-6,12H,7H2,(H,16,17). The van der Waals surface area contributed by atoms with Gasteiger partial charge in [0.1, 0.15) is 11.9 Å². The zero-order chi connectivity index (χ0) is 12.5. The summed E-state index contributed by atoms with van der Waals surface area (Å²) in [6.45, 7) is 0.475. The zero-order valence-corrected chi connectivity index (χ0v) is 10.1. The Morgan fingerprint density at radius 1 is 1.39 bits per heavy atom. The van der Waals surface area contributed by atoms with Gasteiger partial charge in [-0.3, -0.25) is 0 Å². The average Bonchev–Trinajstić information content (AvgIpc) is 2.38. The number of benzene rings is 1. The lowest BCUT2D eigenvalue weighted by molar-refractivity contribution is 0.204. The van der Waals surface area contributed by atoms with Gasteiger partial charge in [0, 0.05) is 16.8 Å². The van der Waals surface area contributed by atoms with Gasteiger partial charge >= 0.3 is 0 Å². The van der Waals surface area contributed by atoms with Gasteiger partial charge in [-0.25, -0.2) is 9.37 Å². The molecule has 0 aliphatic carbocycles. The van der Waals surface area contributed by atoms with E-state index in [0.717, 1.165) is 0 Å². The SMILES string of the molecule is Fc1cc(Cl)ccc1C1CNc2ncccc2O1. The van der Waals surface area contributed by atoms with E-state index in [1.807, 2.05) is 0 Å². The van der Waals surface area contributed by atoms with Crippen LogP contribution in [0.15, 0.2) is 36.5 Å². The Balaban J connectivity index is 1.92. The molecule has 2 aromatic rings. The molecule has 0 radical (unpaired) electrons. The highest BCUT2D eigenvalue weighted by molar-refractivity contribution is 6.30. The van der Waals surface area contributed by atoms with E-state index in [-0.39, 0.29) is 11.9 Å². The molecule has 0 saturated carbocycles. The van der Waals surface area contributed by atoms with Crippen LogP contribution in [0.3, 0.4) is 0 Å². The van der Waals surface area contributed by atoms with Crippen molar-refractivity contribution in [2.24, 2.45) is 0 Å². The van der Waals surface area contributed by atoms with E-state index in [4.69, 9.17) is 16.3 Å². The molecule has 1 aromatic carbocycles. The van der Waals surface area contributed by atoms with Crippen molar-refractivity contribution in [2.45, 2.75) is 6.10 Å². The number of ether oxygens (including phenoxy) is 1. The van der Waals surface area contributed by atoms with E-state index in [1.165, 1.54) is 6.07 Å². The smallest absolute Gasteiger partial charge is 0.168 e. The largest absolute Gasteiger partial charge is 0.480 e. The number of rotatable bonds is 1. The number of nitrogens with one attached hydrogen (secondary N) is 1. The predicted molar refractivity (Wildman–Crippen MR) is 67.5 cm³/mol. The van der Waals surface area contributed by atoms with Crippen molar-refractivity contribution in [2.75, 3.05) is 11.9 Å². The second kappa shape index (κ2) is 4.46. The Morgan fingerprint density at radius 3 is 3.11 bits per heavy atom. The monoisotopic (exact) mass is 264 g/mol. The summed E-state index contributed by atoms with van der Waals surface area (Å²) in [7, 11) is 0. The topological polar surface area (TPSA) is 34.2 Å². The average molecular weight is 265 g/mol. The summed E-state index contributed by atoms with van der Waals surface area (Å²) in [5, 5.41) is 3.49. The van der Waals surface area contributed by atoms with Crippen LogP contribution in [0.1, 0.15) is 11.7 Å². The summed E-state index contributed by atoms with van der Waals surface area (Å²) in [5.74, 6) is 0.952. The highest BCUT2D eigenvalue weighted by Gasteiger charge is 2.23. The first-order valence-corrected chi connectivity index (χ1v) is 5.92. The van der Waals surface area contributed by atoms with Crippen molar-refractivity contribution in [1.29, 1.82) is 0 Å². The molecule has 0 bridgehead atoms. The predicted octanol–water partition coefficient (Wildman–Crippen LogP) is 3.42. The van der Waals surface area contributed by atoms with Crippen molar-refractivity contribution in [3.8, 4) is 5.75 Å². The van der Waals surface area contributed by atoms with Crippen LogP contribution in [0.5, 0.6) is 5.75 Å². The molecule has 1 unspecified atom stereocenters. The summed E-state index contributed by atoms with van der Waals surface area (Å²) in [6.07, 6.45) is 1.30. The van der Waals surface area contributed by atoms with Crippen LogP contribution in [-0.2, 0) is 0 Å². The molecule has 5 heteroatoms. The fourth-order valence-electron chi connectivity index (χ4n) is 1.94. The minimum absolute atomic E-state index is 0.360. The highest BCUT2D eigenvalue weighted by Crippen LogP contribution is 2.33. The first-order chi connectivity index (χ1) is 8.74. The zero-order valence-electron chi connectivity index (χ0n) is 9.36.